The van der Waals surface area contributed by atoms with Crippen LogP contribution >= 0.6 is 11.6 Å². The number of nitrogens with zero attached hydrogens (tertiary/aromatic N) is 3. The molecule has 0 atom stereocenters. The third-order valence-electron chi connectivity index (χ3n) is 5.44. The number of carbonyl (C=O) groups excluding carboxylic acids is 2. The normalized spacial score (nSPS) is 16.7. The highest BCUT2D eigenvalue weighted by Crippen LogP contribution is 2.37. The quantitative estimate of drug-likeness (QED) is 0.720. The summed E-state index contributed by atoms with van der Waals surface area (Å²) in [5.41, 5.74) is 1.88. The molecular formula is C21H23ClN4O5S. The maximum atomic E-state index is 13.2. The molecule has 170 valence electrons. The van der Waals surface area contributed by atoms with E-state index in [-0.39, 0.29) is 60.3 Å². The fraction of sp³-hybridized carbons (Fsp3) is 0.333. The van der Waals surface area contributed by atoms with E-state index >= 15 is 0 Å². The third kappa shape index (κ3) is 4.25. The van der Waals surface area contributed by atoms with Crippen molar-refractivity contribution in [3.8, 4) is 5.75 Å². The molecule has 11 heteroatoms. The first-order valence-electron chi connectivity index (χ1n) is 10.00. The van der Waals surface area contributed by atoms with Crippen molar-refractivity contribution in [3.05, 3.63) is 47.0 Å². The molecule has 9 nitrogen and oxygen atoms in total. The highest BCUT2D eigenvalue weighted by Gasteiger charge is 2.33. The van der Waals surface area contributed by atoms with Gasteiger partial charge >= 0.3 is 0 Å². The molecule has 0 aromatic heterocycles. The summed E-state index contributed by atoms with van der Waals surface area (Å²) in [6.45, 7) is 0.638. The molecule has 0 unspecified atom stereocenters. The molecule has 4 rings (SSSR count). The Morgan fingerprint density at radius 3 is 2.38 bits per heavy atom. The van der Waals surface area contributed by atoms with Gasteiger partial charge in [0.15, 0.2) is 6.61 Å². The van der Waals surface area contributed by atoms with Crippen molar-refractivity contribution in [1.82, 2.24) is 9.21 Å². The van der Waals surface area contributed by atoms with Gasteiger partial charge < -0.3 is 19.9 Å². The molecule has 0 aliphatic carbocycles. The molecule has 2 aliphatic heterocycles. The zero-order valence-electron chi connectivity index (χ0n) is 17.7. The average molecular weight is 479 g/mol. The van der Waals surface area contributed by atoms with Crippen LogP contribution in [0.1, 0.15) is 10.4 Å². The molecule has 0 bridgehead atoms. The van der Waals surface area contributed by atoms with E-state index < -0.39 is 10.0 Å². The lowest BCUT2D eigenvalue weighted by molar-refractivity contribution is -0.118. The summed E-state index contributed by atoms with van der Waals surface area (Å²) >= 11 is 6.23. The number of sulfonamides is 1. The van der Waals surface area contributed by atoms with E-state index in [0.717, 1.165) is 5.69 Å². The van der Waals surface area contributed by atoms with E-state index in [9.17, 15) is 18.0 Å². The van der Waals surface area contributed by atoms with E-state index in [2.05, 4.69) is 5.32 Å². The fourth-order valence-corrected chi connectivity index (χ4v) is 5.57. The van der Waals surface area contributed by atoms with Gasteiger partial charge in [-0.1, -0.05) is 11.6 Å². The SMILES string of the molecule is CN(C)c1ccc(C(=O)N2CCN(S(=O)(=O)c3cc4c(cc3Cl)NC(=O)CO4)CC2)cc1. The maximum absolute atomic E-state index is 13.2. The van der Waals surface area contributed by atoms with Gasteiger partial charge in [0, 0.05) is 57.6 Å². The number of hydrogen-bond donors (Lipinski definition) is 1. The molecular weight excluding hydrogens is 456 g/mol. The van der Waals surface area contributed by atoms with Gasteiger partial charge in [-0.15, -0.1) is 0 Å². The Bertz CT molecular complexity index is 1160. The van der Waals surface area contributed by atoms with Crippen molar-refractivity contribution in [3.63, 3.8) is 0 Å². The summed E-state index contributed by atoms with van der Waals surface area (Å²) in [7, 11) is -0.0553. The van der Waals surface area contributed by atoms with Crippen LogP contribution in [-0.2, 0) is 14.8 Å². The van der Waals surface area contributed by atoms with E-state index in [4.69, 9.17) is 16.3 Å². The zero-order chi connectivity index (χ0) is 23.0. The van der Waals surface area contributed by atoms with Gasteiger partial charge in [0.2, 0.25) is 10.0 Å². The van der Waals surface area contributed by atoms with Crippen molar-refractivity contribution < 1.29 is 22.7 Å². The van der Waals surface area contributed by atoms with Gasteiger partial charge in [-0.3, -0.25) is 9.59 Å². The van der Waals surface area contributed by atoms with Crippen molar-refractivity contribution in [1.29, 1.82) is 0 Å². The van der Waals surface area contributed by atoms with Gasteiger partial charge in [0.05, 0.1) is 10.7 Å². The highest BCUT2D eigenvalue weighted by atomic mass is 35.5. The Morgan fingerprint density at radius 1 is 1.09 bits per heavy atom. The van der Waals surface area contributed by atoms with Gasteiger partial charge in [-0.05, 0) is 30.3 Å². The Balaban J connectivity index is 1.47. The second-order valence-corrected chi connectivity index (χ2v) is 10.1. The number of piperazine rings is 1. The molecule has 2 aromatic rings. The Morgan fingerprint density at radius 2 is 1.75 bits per heavy atom. The van der Waals surface area contributed by atoms with Gasteiger partial charge in [-0.25, -0.2) is 8.42 Å². The predicted molar refractivity (Wildman–Crippen MR) is 121 cm³/mol. The van der Waals surface area contributed by atoms with Gasteiger partial charge in [0.1, 0.15) is 10.6 Å². The van der Waals surface area contributed by atoms with Crippen LogP contribution in [-0.4, -0.2) is 76.3 Å². The number of ether oxygens (including phenoxy) is 1. The molecule has 1 fully saturated rings. The second kappa shape index (κ2) is 8.61. The van der Waals surface area contributed by atoms with Crippen molar-refractivity contribution >= 4 is 44.8 Å². The Labute approximate surface area is 191 Å². The lowest BCUT2D eigenvalue weighted by Gasteiger charge is -2.34. The Kier molecular flexibility index (Phi) is 6.02. The summed E-state index contributed by atoms with van der Waals surface area (Å²) in [6, 6.07) is 9.99. The molecule has 0 saturated carbocycles. The third-order valence-corrected chi connectivity index (χ3v) is 7.80. The van der Waals surface area contributed by atoms with Crippen LogP contribution in [0.4, 0.5) is 11.4 Å². The van der Waals surface area contributed by atoms with Gasteiger partial charge in [-0.2, -0.15) is 4.31 Å². The van der Waals surface area contributed by atoms with Crippen LogP contribution in [0.5, 0.6) is 5.75 Å². The summed E-state index contributed by atoms with van der Waals surface area (Å²) < 4.78 is 33.0. The lowest BCUT2D eigenvalue weighted by atomic mass is 10.1. The minimum atomic E-state index is -3.90. The average Bonchev–Trinajstić information content (AvgIpc) is 2.78. The first-order valence-corrected chi connectivity index (χ1v) is 11.8. The van der Waals surface area contributed by atoms with E-state index in [1.807, 2.05) is 31.1 Å². The minimum absolute atomic E-state index is 0.00552. The van der Waals surface area contributed by atoms with Crippen molar-refractivity contribution in [2.75, 3.05) is 57.1 Å². The van der Waals surface area contributed by atoms with Crippen LogP contribution in [0.3, 0.4) is 0 Å². The standard InChI is InChI=1S/C21H23ClN4O5S/c1-24(2)15-5-3-14(4-6-15)21(28)25-7-9-26(10-8-25)32(29,30)19-12-18-17(11-16(19)22)23-20(27)13-31-18/h3-6,11-12H,7-10,13H2,1-2H3,(H,23,27). The summed E-state index contributed by atoms with van der Waals surface area (Å²) in [4.78, 5) is 27.8. The van der Waals surface area contributed by atoms with Crippen LogP contribution in [0.2, 0.25) is 5.02 Å². The second-order valence-electron chi connectivity index (χ2n) is 7.75. The molecule has 1 N–H and O–H groups in total. The number of anilines is 2. The number of carbonyl (C=O) groups is 2. The fourth-order valence-electron chi connectivity index (χ4n) is 3.63. The monoisotopic (exact) mass is 478 g/mol. The van der Waals surface area contributed by atoms with Crippen molar-refractivity contribution in [2.45, 2.75) is 4.90 Å². The zero-order valence-corrected chi connectivity index (χ0v) is 19.2. The number of fused-ring (bicyclic) bond motifs is 1. The predicted octanol–water partition coefficient (Wildman–Crippen LogP) is 1.88. The van der Waals surface area contributed by atoms with Crippen LogP contribution < -0.4 is 15.0 Å². The molecule has 2 aromatic carbocycles. The number of amides is 2. The summed E-state index contributed by atoms with van der Waals surface area (Å²) in [6.07, 6.45) is 0. The topological polar surface area (TPSA) is 99.3 Å². The number of hydrogen-bond acceptors (Lipinski definition) is 6. The van der Waals surface area contributed by atoms with Gasteiger partial charge in [0.25, 0.3) is 11.8 Å². The van der Waals surface area contributed by atoms with Crippen LogP contribution in [0.15, 0.2) is 41.3 Å². The van der Waals surface area contributed by atoms with E-state index in [1.54, 1.807) is 17.0 Å². The lowest BCUT2D eigenvalue weighted by Crippen LogP contribution is -2.50. The molecule has 0 spiro atoms. The van der Waals surface area contributed by atoms with E-state index in [0.29, 0.717) is 11.3 Å². The first kappa shape index (κ1) is 22.4. The minimum Gasteiger partial charge on any atom is -0.482 e. The van der Waals surface area contributed by atoms with E-state index in [1.165, 1.54) is 16.4 Å². The maximum Gasteiger partial charge on any atom is 0.262 e. The molecule has 32 heavy (non-hydrogen) atoms. The molecule has 2 amide bonds. The molecule has 2 heterocycles. The highest BCUT2D eigenvalue weighted by molar-refractivity contribution is 7.89. The molecule has 0 radical (unpaired) electrons. The summed E-state index contributed by atoms with van der Waals surface area (Å²) in [5.74, 6) is -0.216. The number of nitrogens with one attached hydrogen (secondary N) is 1. The number of rotatable bonds is 4. The largest absolute Gasteiger partial charge is 0.482 e. The molecule has 2 aliphatic rings. The summed E-state index contributed by atoms with van der Waals surface area (Å²) in [5, 5.41) is 2.59. The van der Waals surface area contributed by atoms with Crippen LogP contribution in [0, 0.1) is 0 Å². The van der Waals surface area contributed by atoms with Crippen LogP contribution in [0.25, 0.3) is 0 Å². The first-order chi connectivity index (χ1) is 15.2. The smallest absolute Gasteiger partial charge is 0.262 e. The number of benzene rings is 2. The Hall–Kier alpha value is -2.82. The van der Waals surface area contributed by atoms with Crippen molar-refractivity contribution in [2.24, 2.45) is 0 Å². The number of halogens is 1. The molecule has 1 saturated heterocycles.